The van der Waals surface area contributed by atoms with Crippen molar-refractivity contribution < 1.29 is 22.7 Å². The maximum absolute atomic E-state index is 13.3. The molecule has 0 saturated carbocycles. The average Bonchev–Trinajstić information content (AvgIpc) is 2.75. The first-order valence-electron chi connectivity index (χ1n) is 9.19. The maximum Gasteiger partial charge on any atom is 0.339 e. The monoisotopic (exact) mass is 479 g/mol. The number of carbonyl (C=O) groups is 1. The van der Waals surface area contributed by atoms with E-state index in [0.29, 0.717) is 5.56 Å². The molecule has 0 fully saturated rings. The van der Waals surface area contributed by atoms with Crippen LogP contribution in [0.5, 0.6) is 5.75 Å². The lowest BCUT2D eigenvalue weighted by Gasteiger charge is -2.16. The number of esters is 1. The molecule has 0 aromatic heterocycles. The minimum Gasteiger partial charge on any atom is -0.491 e. The summed E-state index contributed by atoms with van der Waals surface area (Å²) < 4.78 is 39.2. The van der Waals surface area contributed by atoms with Gasteiger partial charge in [0.1, 0.15) is 4.90 Å². The van der Waals surface area contributed by atoms with Gasteiger partial charge in [0.15, 0.2) is 5.75 Å². The van der Waals surface area contributed by atoms with Gasteiger partial charge in [-0.1, -0.05) is 59.6 Å². The highest BCUT2D eigenvalue weighted by Gasteiger charge is 2.25. The average molecular weight is 480 g/mol. The molecule has 0 heterocycles. The van der Waals surface area contributed by atoms with E-state index in [1.165, 1.54) is 25.3 Å². The predicted molar refractivity (Wildman–Crippen MR) is 122 cm³/mol. The number of ether oxygens (including phenoxy) is 2. The number of nitrogens with one attached hydrogen (secondary N) is 1. The Bertz CT molecular complexity index is 1210. The van der Waals surface area contributed by atoms with Gasteiger partial charge in [-0.2, -0.15) is 0 Å². The minimum absolute atomic E-state index is 0.0279. The highest BCUT2D eigenvalue weighted by molar-refractivity contribution is 7.92. The van der Waals surface area contributed by atoms with Crippen LogP contribution in [0.25, 0.3) is 11.1 Å². The summed E-state index contributed by atoms with van der Waals surface area (Å²) >= 11 is 12.2. The zero-order valence-corrected chi connectivity index (χ0v) is 19.0. The van der Waals surface area contributed by atoms with Crippen LogP contribution in [0.3, 0.4) is 0 Å². The smallest absolute Gasteiger partial charge is 0.339 e. The van der Waals surface area contributed by atoms with Crippen molar-refractivity contribution >= 4 is 44.9 Å². The lowest BCUT2D eigenvalue weighted by Crippen LogP contribution is -2.17. The Morgan fingerprint density at radius 1 is 1.00 bits per heavy atom. The molecule has 0 bridgehead atoms. The molecular weight excluding hydrogens is 461 g/mol. The standard InChI is InChI=1S/C22H19Cl2NO5S/c1-3-30-21-18(24)12-16(23)13-20(21)31(27,28)25-19-11-15(14-7-5-4-6-8-14)9-10-17(19)22(26)29-2/h4-13,25H,3H2,1-2H3. The Balaban J connectivity index is 2.13. The Hall–Kier alpha value is -2.74. The maximum atomic E-state index is 13.3. The molecule has 6 nitrogen and oxygen atoms in total. The van der Waals surface area contributed by atoms with Gasteiger partial charge in [-0.3, -0.25) is 4.72 Å². The van der Waals surface area contributed by atoms with Crippen LogP contribution in [0.2, 0.25) is 10.0 Å². The molecule has 0 spiro atoms. The van der Waals surface area contributed by atoms with Crippen molar-refractivity contribution in [3.8, 4) is 16.9 Å². The van der Waals surface area contributed by atoms with Crippen LogP contribution in [-0.2, 0) is 14.8 Å². The van der Waals surface area contributed by atoms with Gasteiger partial charge < -0.3 is 9.47 Å². The van der Waals surface area contributed by atoms with Crippen LogP contribution in [0.4, 0.5) is 5.69 Å². The predicted octanol–water partition coefficient (Wildman–Crippen LogP) is 5.65. The van der Waals surface area contributed by atoms with Crippen LogP contribution in [0.15, 0.2) is 65.6 Å². The fraction of sp³-hybridized carbons (Fsp3) is 0.136. The van der Waals surface area contributed by atoms with Crippen molar-refractivity contribution in [3.63, 3.8) is 0 Å². The molecule has 3 aromatic carbocycles. The van der Waals surface area contributed by atoms with Crippen molar-refractivity contribution in [2.24, 2.45) is 0 Å². The van der Waals surface area contributed by atoms with E-state index in [1.54, 1.807) is 19.1 Å². The van der Waals surface area contributed by atoms with Gasteiger partial charge in [-0.15, -0.1) is 0 Å². The van der Waals surface area contributed by atoms with E-state index in [2.05, 4.69) is 4.72 Å². The Morgan fingerprint density at radius 3 is 2.35 bits per heavy atom. The van der Waals surface area contributed by atoms with Crippen LogP contribution >= 0.6 is 23.2 Å². The third-order valence-corrected chi connectivity index (χ3v) is 6.20. The Morgan fingerprint density at radius 2 is 1.71 bits per heavy atom. The molecule has 0 amide bonds. The molecule has 9 heteroatoms. The molecule has 0 atom stereocenters. The lowest BCUT2D eigenvalue weighted by molar-refractivity contribution is 0.0602. The molecule has 0 saturated heterocycles. The van der Waals surface area contributed by atoms with Gasteiger partial charge in [-0.25, -0.2) is 13.2 Å². The molecule has 3 aromatic rings. The van der Waals surface area contributed by atoms with Crippen molar-refractivity contribution in [1.29, 1.82) is 0 Å². The van der Waals surface area contributed by atoms with Crippen molar-refractivity contribution in [1.82, 2.24) is 0 Å². The zero-order chi connectivity index (χ0) is 22.6. The molecule has 0 aliphatic rings. The summed E-state index contributed by atoms with van der Waals surface area (Å²) in [6, 6.07) is 16.7. The van der Waals surface area contributed by atoms with E-state index in [0.717, 1.165) is 5.56 Å². The topological polar surface area (TPSA) is 81.7 Å². The van der Waals surface area contributed by atoms with Gasteiger partial charge in [0.2, 0.25) is 0 Å². The van der Waals surface area contributed by atoms with E-state index < -0.39 is 16.0 Å². The lowest BCUT2D eigenvalue weighted by atomic mass is 10.0. The fourth-order valence-corrected chi connectivity index (χ4v) is 4.88. The van der Waals surface area contributed by atoms with E-state index in [1.807, 2.05) is 30.3 Å². The molecule has 1 N–H and O–H groups in total. The molecule has 0 aliphatic heterocycles. The number of methoxy groups -OCH3 is 1. The van der Waals surface area contributed by atoms with Crippen LogP contribution in [0.1, 0.15) is 17.3 Å². The zero-order valence-electron chi connectivity index (χ0n) is 16.7. The Kier molecular flexibility index (Phi) is 7.10. The number of hydrogen-bond acceptors (Lipinski definition) is 5. The van der Waals surface area contributed by atoms with Gasteiger partial charge in [-0.05, 0) is 42.3 Å². The second-order valence-corrected chi connectivity index (χ2v) is 8.87. The van der Waals surface area contributed by atoms with Crippen molar-refractivity contribution in [3.05, 3.63) is 76.3 Å². The summed E-state index contributed by atoms with van der Waals surface area (Å²) in [6.07, 6.45) is 0. The van der Waals surface area contributed by atoms with Crippen LogP contribution in [-0.4, -0.2) is 28.1 Å². The van der Waals surface area contributed by atoms with Gasteiger partial charge >= 0.3 is 5.97 Å². The highest BCUT2D eigenvalue weighted by atomic mass is 35.5. The third-order valence-electron chi connectivity index (χ3n) is 4.33. The fourth-order valence-electron chi connectivity index (χ4n) is 2.95. The van der Waals surface area contributed by atoms with Crippen LogP contribution < -0.4 is 9.46 Å². The number of carbonyl (C=O) groups excluding carboxylic acids is 1. The first kappa shape index (κ1) is 22.9. The summed E-state index contributed by atoms with van der Waals surface area (Å²) in [4.78, 5) is 12.0. The minimum atomic E-state index is -4.23. The second-order valence-electron chi connectivity index (χ2n) is 6.37. The second kappa shape index (κ2) is 9.60. The molecular formula is C22H19Cl2NO5S. The summed E-state index contributed by atoms with van der Waals surface area (Å²) in [5.41, 5.74) is 1.66. The SMILES string of the molecule is CCOc1c(Cl)cc(Cl)cc1S(=O)(=O)Nc1cc(-c2ccccc2)ccc1C(=O)OC. The van der Waals surface area contributed by atoms with Gasteiger partial charge in [0.25, 0.3) is 10.0 Å². The summed E-state index contributed by atoms with van der Waals surface area (Å²) in [5.74, 6) is -0.716. The first-order chi connectivity index (χ1) is 14.8. The quantitative estimate of drug-likeness (QED) is 0.443. The largest absolute Gasteiger partial charge is 0.491 e. The summed E-state index contributed by atoms with van der Waals surface area (Å²) in [7, 11) is -3.01. The molecule has 0 aliphatic carbocycles. The van der Waals surface area contributed by atoms with Gasteiger partial charge in [0, 0.05) is 5.02 Å². The number of halogens is 2. The van der Waals surface area contributed by atoms with Crippen molar-refractivity contribution in [2.75, 3.05) is 18.4 Å². The highest BCUT2D eigenvalue weighted by Crippen LogP contribution is 2.37. The van der Waals surface area contributed by atoms with Gasteiger partial charge in [0.05, 0.1) is 30.0 Å². The molecule has 3 rings (SSSR count). The number of sulfonamides is 1. The number of rotatable bonds is 7. The third kappa shape index (κ3) is 5.12. The summed E-state index contributed by atoms with van der Waals surface area (Å²) in [5, 5.41) is 0.181. The summed E-state index contributed by atoms with van der Waals surface area (Å²) in [6.45, 7) is 1.90. The van der Waals surface area contributed by atoms with Crippen LogP contribution in [0, 0.1) is 0 Å². The van der Waals surface area contributed by atoms with Crippen molar-refractivity contribution in [2.45, 2.75) is 11.8 Å². The van der Waals surface area contributed by atoms with E-state index >= 15 is 0 Å². The normalized spacial score (nSPS) is 11.1. The van der Waals surface area contributed by atoms with E-state index in [9.17, 15) is 13.2 Å². The van der Waals surface area contributed by atoms with E-state index in [4.69, 9.17) is 32.7 Å². The molecule has 0 unspecified atom stereocenters. The number of benzene rings is 3. The molecule has 31 heavy (non-hydrogen) atoms. The Labute approximate surface area is 190 Å². The molecule has 162 valence electrons. The number of anilines is 1. The number of hydrogen-bond donors (Lipinski definition) is 1. The van der Waals surface area contributed by atoms with E-state index in [-0.39, 0.29) is 38.5 Å². The molecule has 0 radical (unpaired) electrons. The first-order valence-corrected chi connectivity index (χ1v) is 11.4.